The number of aromatic nitrogens is 4. The van der Waals surface area contributed by atoms with E-state index in [4.69, 9.17) is 16.3 Å². The molecular weight excluding hydrogens is 474 g/mol. The quantitative estimate of drug-likeness (QED) is 0.268. The van der Waals surface area contributed by atoms with E-state index in [2.05, 4.69) is 15.5 Å². The predicted octanol–water partition coefficient (Wildman–Crippen LogP) is 4.55. The number of ether oxygens (including phenoxy) is 1. The minimum Gasteiger partial charge on any atom is -0.379 e. The maximum absolute atomic E-state index is 13.2. The van der Waals surface area contributed by atoms with Crippen LogP contribution in [0.1, 0.15) is 25.8 Å². The van der Waals surface area contributed by atoms with Gasteiger partial charge in [0.25, 0.3) is 5.56 Å². The van der Waals surface area contributed by atoms with Crippen molar-refractivity contribution in [2.24, 2.45) is 0 Å². The van der Waals surface area contributed by atoms with E-state index in [0.29, 0.717) is 52.1 Å². The molecule has 0 aliphatic rings. The van der Waals surface area contributed by atoms with Gasteiger partial charge in [0.15, 0.2) is 5.16 Å². The molecule has 0 bridgehead atoms. The topological polar surface area (TPSA) is 90.5 Å². The minimum absolute atomic E-state index is 0.112. The highest BCUT2D eigenvalue weighted by Crippen LogP contribution is 2.25. The molecule has 0 saturated heterocycles. The number of hydrogen-bond donors (Lipinski definition) is 1. The number of hydrogen-bond acceptors (Lipinski definition) is 6. The number of thioether (sulfide) groups is 1. The van der Waals surface area contributed by atoms with Crippen molar-refractivity contribution in [1.29, 1.82) is 0 Å². The Hall–Kier alpha value is -2.88. The lowest BCUT2D eigenvalue weighted by Gasteiger charge is -2.12. The van der Waals surface area contributed by atoms with Crippen molar-refractivity contribution < 1.29 is 9.53 Å². The average molecular weight is 500 g/mol. The molecule has 0 spiro atoms. The maximum Gasteiger partial charge on any atom is 0.262 e. The van der Waals surface area contributed by atoms with E-state index in [1.165, 1.54) is 11.8 Å². The number of anilines is 1. The maximum atomic E-state index is 13.2. The summed E-state index contributed by atoms with van der Waals surface area (Å²) in [4.78, 5) is 25.7. The Morgan fingerprint density at radius 3 is 2.76 bits per heavy atom. The fourth-order valence-corrected chi connectivity index (χ4v) is 4.63. The molecule has 0 saturated carbocycles. The van der Waals surface area contributed by atoms with E-state index < -0.39 is 0 Å². The summed E-state index contributed by atoms with van der Waals surface area (Å²) in [5.74, 6) is 0.342. The van der Waals surface area contributed by atoms with Crippen LogP contribution >= 0.6 is 23.4 Å². The summed E-state index contributed by atoms with van der Waals surface area (Å²) in [6, 6.07) is 12.8. The third-order valence-electron chi connectivity index (χ3n) is 5.19. The van der Waals surface area contributed by atoms with Gasteiger partial charge in [-0.25, -0.2) is 0 Å². The van der Waals surface area contributed by atoms with E-state index in [9.17, 15) is 9.59 Å². The molecule has 0 atom stereocenters. The lowest BCUT2D eigenvalue weighted by Crippen LogP contribution is -2.24. The van der Waals surface area contributed by atoms with Gasteiger partial charge >= 0.3 is 0 Å². The molecule has 4 rings (SSSR count). The Morgan fingerprint density at radius 2 is 2.00 bits per heavy atom. The van der Waals surface area contributed by atoms with Gasteiger partial charge in [0, 0.05) is 13.2 Å². The molecule has 0 aliphatic heterocycles. The van der Waals surface area contributed by atoms with Crippen LogP contribution in [0.25, 0.3) is 16.7 Å². The van der Waals surface area contributed by atoms with Crippen molar-refractivity contribution in [3.63, 3.8) is 0 Å². The molecule has 178 valence electrons. The smallest absolute Gasteiger partial charge is 0.262 e. The SMILES string of the molecule is Cc1ccc(NC(=O)CSc2nnc3n(CCCOC(C)C)c(=O)c4ccccc4n23)c(Cl)c1. The fraction of sp³-hybridized carbons (Fsp3) is 0.333. The summed E-state index contributed by atoms with van der Waals surface area (Å²) in [5, 5.41) is 13.0. The summed E-state index contributed by atoms with van der Waals surface area (Å²) in [6.45, 7) is 6.89. The van der Waals surface area contributed by atoms with E-state index in [1.807, 2.05) is 49.4 Å². The zero-order valence-corrected chi connectivity index (χ0v) is 20.8. The molecule has 2 aromatic carbocycles. The van der Waals surface area contributed by atoms with Crippen LogP contribution in [0.5, 0.6) is 0 Å². The van der Waals surface area contributed by atoms with E-state index in [1.54, 1.807) is 22.8 Å². The normalized spacial score (nSPS) is 11.6. The second-order valence-corrected chi connectivity index (χ2v) is 9.53. The van der Waals surface area contributed by atoms with Crippen LogP contribution in [-0.4, -0.2) is 43.5 Å². The molecule has 2 aromatic heterocycles. The summed E-state index contributed by atoms with van der Waals surface area (Å²) in [7, 11) is 0. The third-order valence-corrected chi connectivity index (χ3v) is 6.43. The molecule has 0 aliphatic carbocycles. The Labute approximate surface area is 206 Å². The third kappa shape index (κ3) is 5.27. The van der Waals surface area contributed by atoms with E-state index >= 15 is 0 Å². The van der Waals surface area contributed by atoms with Crippen molar-refractivity contribution in [3.05, 3.63) is 63.4 Å². The highest BCUT2D eigenvalue weighted by atomic mass is 35.5. The van der Waals surface area contributed by atoms with Crippen LogP contribution in [-0.2, 0) is 16.1 Å². The van der Waals surface area contributed by atoms with Gasteiger partial charge in [-0.1, -0.05) is 41.6 Å². The van der Waals surface area contributed by atoms with Crippen LogP contribution in [0.4, 0.5) is 5.69 Å². The summed E-state index contributed by atoms with van der Waals surface area (Å²) in [5.41, 5.74) is 2.16. The van der Waals surface area contributed by atoms with Crippen molar-refractivity contribution in [2.75, 3.05) is 17.7 Å². The Kier molecular flexibility index (Phi) is 7.55. The molecular formula is C24H26ClN5O3S. The summed E-state index contributed by atoms with van der Waals surface area (Å²) < 4.78 is 9.07. The minimum atomic E-state index is -0.212. The highest BCUT2D eigenvalue weighted by Gasteiger charge is 2.18. The predicted molar refractivity (Wildman–Crippen MR) is 136 cm³/mol. The van der Waals surface area contributed by atoms with Crippen LogP contribution in [0.2, 0.25) is 5.02 Å². The van der Waals surface area contributed by atoms with Gasteiger partial charge in [0.2, 0.25) is 11.7 Å². The first kappa shape index (κ1) is 24.3. The number of para-hydroxylation sites is 1. The first-order valence-electron chi connectivity index (χ1n) is 11.0. The van der Waals surface area contributed by atoms with Gasteiger partial charge in [-0.2, -0.15) is 0 Å². The number of carbonyl (C=O) groups is 1. The molecule has 0 fully saturated rings. The average Bonchev–Trinajstić information content (AvgIpc) is 3.23. The number of aryl methyl sites for hydroxylation is 2. The van der Waals surface area contributed by atoms with E-state index in [0.717, 1.165) is 5.56 Å². The number of benzene rings is 2. The molecule has 0 radical (unpaired) electrons. The number of nitrogens with one attached hydrogen (secondary N) is 1. The summed E-state index contributed by atoms with van der Waals surface area (Å²) in [6.07, 6.45) is 0.798. The number of carbonyl (C=O) groups excluding carboxylic acids is 1. The Bertz CT molecular complexity index is 1400. The van der Waals surface area contributed by atoms with Crippen molar-refractivity contribution >= 4 is 51.6 Å². The molecule has 10 heteroatoms. The highest BCUT2D eigenvalue weighted by molar-refractivity contribution is 7.99. The Morgan fingerprint density at radius 1 is 1.21 bits per heavy atom. The molecule has 0 unspecified atom stereocenters. The van der Waals surface area contributed by atoms with Gasteiger partial charge in [-0.15, -0.1) is 10.2 Å². The molecule has 8 nitrogen and oxygen atoms in total. The van der Waals surface area contributed by atoms with E-state index in [-0.39, 0.29) is 23.3 Å². The fourth-order valence-electron chi connectivity index (χ4n) is 3.61. The van der Waals surface area contributed by atoms with Crippen LogP contribution in [0.3, 0.4) is 0 Å². The molecule has 1 amide bonds. The van der Waals surface area contributed by atoms with Gasteiger partial charge in [-0.3, -0.25) is 18.6 Å². The first-order chi connectivity index (χ1) is 16.3. The largest absolute Gasteiger partial charge is 0.379 e. The van der Waals surface area contributed by atoms with Gasteiger partial charge in [0.05, 0.1) is 33.5 Å². The standard InChI is InChI=1S/C24H26ClN5O3S/c1-15(2)33-12-6-11-29-22(32)17-7-4-5-8-20(17)30-23(29)27-28-24(30)34-14-21(31)26-19-10-9-16(3)13-18(19)25/h4-5,7-10,13,15H,6,11-12,14H2,1-3H3,(H,26,31). The van der Waals surface area contributed by atoms with Gasteiger partial charge in [0.1, 0.15) is 0 Å². The zero-order chi connectivity index (χ0) is 24.2. The number of rotatable bonds is 9. The van der Waals surface area contributed by atoms with Gasteiger partial charge < -0.3 is 10.1 Å². The van der Waals surface area contributed by atoms with Crippen LogP contribution < -0.4 is 10.9 Å². The first-order valence-corrected chi connectivity index (χ1v) is 12.4. The Balaban J connectivity index is 1.59. The van der Waals surface area contributed by atoms with Crippen LogP contribution in [0.15, 0.2) is 52.4 Å². The second kappa shape index (κ2) is 10.6. The molecule has 2 heterocycles. The second-order valence-electron chi connectivity index (χ2n) is 8.19. The zero-order valence-electron chi connectivity index (χ0n) is 19.2. The number of nitrogens with zero attached hydrogens (tertiary/aromatic N) is 4. The van der Waals surface area contributed by atoms with Crippen LogP contribution in [0, 0.1) is 6.92 Å². The van der Waals surface area contributed by atoms with Crippen molar-refractivity contribution in [1.82, 2.24) is 19.2 Å². The molecule has 1 N–H and O–H groups in total. The van der Waals surface area contributed by atoms with Crippen molar-refractivity contribution in [2.45, 2.75) is 45.0 Å². The molecule has 4 aromatic rings. The van der Waals surface area contributed by atoms with Gasteiger partial charge in [-0.05, 0) is 57.0 Å². The number of halogens is 1. The monoisotopic (exact) mass is 499 g/mol. The lowest BCUT2D eigenvalue weighted by atomic mass is 10.2. The number of fused-ring (bicyclic) bond motifs is 3. The number of amides is 1. The summed E-state index contributed by atoms with van der Waals surface area (Å²) >= 11 is 7.48. The molecule has 34 heavy (non-hydrogen) atoms. The lowest BCUT2D eigenvalue weighted by molar-refractivity contribution is -0.113. The van der Waals surface area contributed by atoms with Crippen molar-refractivity contribution in [3.8, 4) is 0 Å².